The van der Waals surface area contributed by atoms with E-state index in [2.05, 4.69) is 26.2 Å². The Balaban J connectivity index is 1.51. The summed E-state index contributed by atoms with van der Waals surface area (Å²) in [5.74, 6) is 3.64. The van der Waals surface area contributed by atoms with Gasteiger partial charge in [0.25, 0.3) is 0 Å². The van der Waals surface area contributed by atoms with Crippen molar-refractivity contribution in [2.75, 3.05) is 19.6 Å². The van der Waals surface area contributed by atoms with Gasteiger partial charge in [-0.05, 0) is 57.5 Å². The molecule has 3 rings (SSSR count). The monoisotopic (exact) mass is 351 g/mol. The van der Waals surface area contributed by atoms with Crippen LogP contribution in [0.3, 0.4) is 0 Å². The van der Waals surface area contributed by atoms with Crippen molar-refractivity contribution in [2.24, 2.45) is 5.92 Å². The molecule has 1 saturated heterocycles. The van der Waals surface area contributed by atoms with Gasteiger partial charge in [0.2, 0.25) is 5.91 Å². The summed E-state index contributed by atoms with van der Waals surface area (Å²) in [6, 6.07) is 5.93. The number of piperidine rings is 1. The highest BCUT2D eigenvalue weighted by atomic mass is 16.1. The quantitative estimate of drug-likeness (QED) is 0.835. The number of carbonyl (C=O) groups excluding carboxylic acids is 1. The van der Waals surface area contributed by atoms with E-state index in [1.54, 1.807) is 6.20 Å². The molecular formula is C20H25N5O. The zero-order valence-electron chi connectivity index (χ0n) is 15.4. The van der Waals surface area contributed by atoms with Crippen molar-refractivity contribution in [3.63, 3.8) is 0 Å². The smallest absolute Gasteiger partial charge is 0.223 e. The van der Waals surface area contributed by atoms with Gasteiger partial charge in [0.05, 0.1) is 12.2 Å². The van der Waals surface area contributed by atoms with Gasteiger partial charge in [-0.3, -0.25) is 9.69 Å². The van der Waals surface area contributed by atoms with Crippen molar-refractivity contribution in [2.45, 2.75) is 33.2 Å². The molecule has 1 aliphatic rings. The molecule has 0 radical (unpaired) electrons. The number of nitrogens with zero attached hydrogens (tertiary/aromatic N) is 4. The van der Waals surface area contributed by atoms with E-state index in [1.165, 1.54) is 0 Å². The van der Waals surface area contributed by atoms with Crippen LogP contribution in [-0.4, -0.2) is 45.2 Å². The number of hydrogen-bond donors (Lipinski definition) is 1. The van der Waals surface area contributed by atoms with Crippen molar-refractivity contribution in [3.05, 3.63) is 41.3 Å². The topological polar surface area (TPSA) is 63.1 Å². The van der Waals surface area contributed by atoms with Crippen molar-refractivity contribution in [1.82, 2.24) is 25.0 Å². The Labute approximate surface area is 154 Å². The third-order valence-electron chi connectivity index (χ3n) is 4.78. The Morgan fingerprint density at radius 2 is 2.12 bits per heavy atom. The molecule has 6 nitrogen and oxygen atoms in total. The average molecular weight is 351 g/mol. The molecule has 2 aromatic rings. The number of aromatic nitrogens is 3. The number of pyridine rings is 1. The Morgan fingerprint density at radius 3 is 2.69 bits per heavy atom. The van der Waals surface area contributed by atoms with Crippen molar-refractivity contribution in [3.8, 4) is 18.2 Å². The van der Waals surface area contributed by atoms with E-state index in [9.17, 15) is 4.79 Å². The minimum absolute atomic E-state index is 0.0750. The van der Waals surface area contributed by atoms with Crippen LogP contribution in [0.15, 0.2) is 24.4 Å². The van der Waals surface area contributed by atoms with Crippen LogP contribution >= 0.6 is 0 Å². The number of rotatable bonds is 5. The summed E-state index contributed by atoms with van der Waals surface area (Å²) in [4.78, 5) is 19.0. The first kappa shape index (κ1) is 18.2. The molecule has 0 bridgehead atoms. The minimum Gasteiger partial charge on any atom is -0.352 e. The summed E-state index contributed by atoms with van der Waals surface area (Å²) in [5, 5.41) is 7.46. The molecule has 0 spiro atoms. The van der Waals surface area contributed by atoms with Crippen LogP contribution in [0.25, 0.3) is 5.82 Å². The third-order valence-corrected chi connectivity index (χ3v) is 4.78. The number of likely N-dealkylation sites (tertiary alicyclic amines) is 1. The number of terminal acetylenes is 1. The fraction of sp³-hybridized carbons (Fsp3) is 0.450. The number of carbonyl (C=O) groups is 1. The third kappa shape index (κ3) is 4.30. The van der Waals surface area contributed by atoms with Crippen LogP contribution in [-0.2, 0) is 11.3 Å². The Morgan fingerprint density at radius 1 is 1.35 bits per heavy atom. The second-order valence-electron chi connectivity index (χ2n) is 6.84. The predicted octanol–water partition coefficient (Wildman–Crippen LogP) is 1.85. The molecule has 2 aromatic heterocycles. The van der Waals surface area contributed by atoms with Crippen molar-refractivity contribution >= 4 is 5.91 Å². The number of amides is 1. The number of nitrogens with one attached hydrogen (secondary N) is 1. The molecule has 6 heteroatoms. The van der Waals surface area contributed by atoms with E-state index in [0.717, 1.165) is 48.7 Å². The van der Waals surface area contributed by atoms with E-state index in [0.29, 0.717) is 13.1 Å². The highest BCUT2D eigenvalue weighted by Crippen LogP contribution is 2.17. The Bertz CT molecular complexity index is 795. The zero-order valence-corrected chi connectivity index (χ0v) is 15.4. The van der Waals surface area contributed by atoms with Gasteiger partial charge in [0.15, 0.2) is 5.82 Å². The Hall–Kier alpha value is -2.65. The summed E-state index contributed by atoms with van der Waals surface area (Å²) < 4.78 is 1.82. The average Bonchev–Trinajstić information content (AvgIpc) is 2.99. The lowest BCUT2D eigenvalue weighted by atomic mass is 9.96. The normalized spacial score (nSPS) is 15.6. The van der Waals surface area contributed by atoms with E-state index in [4.69, 9.17) is 6.42 Å². The first-order valence-corrected chi connectivity index (χ1v) is 8.99. The Kier molecular flexibility index (Phi) is 5.69. The van der Waals surface area contributed by atoms with Gasteiger partial charge in [-0.1, -0.05) is 12.0 Å². The van der Waals surface area contributed by atoms with Crippen LogP contribution < -0.4 is 5.32 Å². The van der Waals surface area contributed by atoms with Crippen LogP contribution in [0.1, 0.15) is 29.8 Å². The van der Waals surface area contributed by atoms with Gasteiger partial charge in [0, 0.05) is 24.4 Å². The lowest BCUT2D eigenvalue weighted by Gasteiger charge is -2.29. The lowest BCUT2D eigenvalue weighted by molar-refractivity contribution is -0.126. The summed E-state index contributed by atoms with van der Waals surface area (Å²) in [5.41, 5.74) is 2.99. The van der Waals surface area contributed by atoms with Crippen LogP contribution in [0.4, 0.5) is 0 Å². The molecule has 0 saturated carbocycles. The van der Waals surface area contributed by atoms with Gasteiger partial charge >= 0.3 is 0 Å². The van der Waals surface area contributed by atoms with E-state index >= 15 is 0 Å². The van der Waals surface area contributed by atoms with Gasteiger partial charge < -0.3 is 5.32 Å². The molecule has 136 valence electrons. The first-order valence-electron chi connectivity index (χ1n) is 8.99. The second-order valence-corrected chi connectivity index (χ2v) is 6.84. The number of aryl methyl sites for hydroxylation is 2. The fourth-order valence-corrected chi connectivity index (χ4v) is 3.32. The van der Waals surface area contributed by atoms with Crippen LogP contribution in [0, 0.1) is 32.1 Å². The molecule has 1 aliphatic heterocycles. The van der Waals surface area contributed by atoms with Gasteiger partial charge in [-0.25, -0.2) is 9.67 Å². The molecule has 0 aliphatic carbocycles. The van der Waals surface area contributed by atoms with Crippen LogP contribution in [0.2, 0.25) is 0 Å². The number of hydrogen-bond acceptors (Lipinski definition) is 4. The minimum atomic E-state index is 0.0750. The van der Waals surface area contributed by atoms with Gasteiger partial charge in [-0.2, -0.15) is 5.10 Å². The molecule has 26 heavy (non-hydrogen) atoms. The molecular weight excluding hydrogens is 326 g/mol. The zero-order chi connectivity index (χ0) is 18.5. The second kappa shape index (κ2) is 8.15. The van der Waals surface area contributed by atoms with E-state index < -0.39 is 0 Å². The molecule has 0 aromatic carbocycles. The maximum atomic E-state index is 12.4. The highest BCUT2D eigenvalue weighted by Gasteiger charge is 2.24. The SMILES string of the molecule is C#CCN1CCC(C(=O)NCc2ccc(-n3nc(C)cc3C)nc2)CC1. The molecule has 1 N–H and O–H groups in total. The predicted molar refractivity (Wildman–Crippen MR) is 101 cm³/mol. The van der Waals surface area contributed by atoms with Gasteiger partial charge in [0.1, 0.15) is 0 Å². The molecule has 0 atom stereocenters. The van der Waals surface area contributed by atoms with Crippen molar-refractivity contribution in [1.29, 1.82) is 0 Å². The van der Waals surface area contributed by atoms with Crippen LogP contribution in [0.5, 0.6) is 0 Å². The van der Waals surface area contributed by atoms with E-state index in [-0.39, 0.29) is 11.8 Å². The summed E-state index contributed by atoms with van der Waals surface area (Å²) in [6.07, 6.45) is 8.86. The molecule has 1 fully saturated rings. The highest BCUT2D eigenvalue weighted by molar-refractivity contribution is 5.78. The summed E-state index contributed by atoms with van der Waals surface area (Å²) >= 11 is 0. The van der Waals surface area contributed by atoms with Gasteiger partial charge in [-0.15, -0.1) is 6.42 Å². The summed E-state index contributed by atoms with van der Waals surface area (Å²) in [6.45, 7) is 6.91. The molecule has 1 amide bonds. The summed E-state index contributed by atoms with van der Waals surface area (Å²) in [7, 11) is 0. The molecule has 0 unspecified atom stereocenters. The maximum absolute atomic E-state index is 12.4. The first-order chi connectivity index (χ1) is 12.6. The lowest BCUT2D eigenvalue weighted by Crippen LogP contribution is -2.40. The largest absolute Gasteiger partial charge is 0.352 e. The maximum Gasteiger partial charge on any atom is 0.223 e. The van der Waals surface area contributed by atoms with E-state index in [1.807, 2.05) is 36.7 Å². The fourth-order valence-electron chi connectivity index (χ4n) is 3.32. The van der Waals surface area contributed by atoms with Crippen molar-refractivity contribution < 1.29 is 4.79 Å². The molecule has 3 heterocycles. The standard InChI is InChI=1S/C20H25N5O/c1-4-9-24-10-7-18(8-11-24)20(26)22-14-17-5-6-19(21-13-17)25-16(3)12-15(2)23-25/h1,5-6,12-13,18H,7-11,14H2,2-3H3,(H,22,26).